The quantitative estimate of drug-likeness (QED) is 0.867. The molecule has 2 rings (SSSR count). The highest BCUT2D eigenvalue weighted by Gasteiger charge is 2.18. The minimum atomic E-state index is 0.479. The summed E-state index contributed by atoms with van der Waals surface area (Å²) in [6.07, 6.45) is 4.30. The van der Waals surface area contributed by atoms with Gasteiger partial charge in [-0.05, 0) is 30.9 Å². The number of piperidine rings is 1. The van der Waals surface area contributed by atoms with E-state index in [9.17, 15) is 0 Å². The number of aromatic nitrogens is 1. The fraction of sp³-hybridized carbons (Fsp3) is 0.688. The summed E-state index contributed by atoms with van der Waals surface area (Å²) >= 11 is 0. The summed E-state index contributed by atoms with van der Waals surface area (Å²) in [6.45, 7) is 8.56. The van der Waals surface area contributed by atoms with E-state index in [1.165, 1.54) is 18.5 Å². The van der Waals surface area contributed by atoms with Gasteiger partial charge in [0.1, 0.15) is 0 Å². The number of nitrogens with one attached hydrogen (secondary N) is 1. The predicted molar refractivity (Wildman–Crippen MR) is 83.3 cm³/mol. The Kier molecular flexibility index (Phi) is 5.80. The van der Waals surface area contributed by atoms with E-state index >= 15 is 0 Å². The third kappa shape index (κ3) is 4.46. The molecule has 0 aliphatic carbocycles. The number of ether oxygens (including phenoxy) is 1. The molecule has 1 aliphatic heterocycles. The molecule has 0 spiro atoms. The number of rotatable bonds is 6. The van der Waals surface area contributed by atoms with Crippen molar-refractivity contribution < 1.29 is 4.74 Å². The van der Waals surface area contributed by atoms with Gasteiger partial charge in [-0.25, -0.2) is 0 Å². The first-order valence-corrected chi connectivity index (χ1v) is 7.63. The lowest BCUT2D eigenvalue weighted by atomic mass is 10.0. The first-order chi connectivity index (χ1) is 9.69. The van der Waals surface area contributed by atoms with Crippen LogP contribution in [0.4, 0.5) is 5.69 Å². The molecule has 0 bridgehead atoms. The van der Waals surface area contributed by atoms with Gasteiger partial charge in [-0.3, -0.25) is 4.98 Å². The Morgan fingerprint density at radius 3 is 2.80 bits per heavy atom. The van der Waals surface area contributed by atoms with E-state index in [0.717, 1.165) is 31.9 Å². The van der Waals surface area contributed by atoms with Gasteiger partial charge in [-0.1, -0.05) is 13.8 Å². The molecule has 1 saturated heterocycles. The average Bonchev–Trinajstić information content (AvgIpc) is 2.47. The zero-order chi connectivity index (χ0) is 14.4. The number of pyridine rings is 1. The van der Waals surface area contributed by atoms with Gasteiger partial charge in [0.05, 0.1) is 6.61 Å². The third-order valence-corrected chi connectivity index (χ3v) is 3.94. The summed E-state index contributed by atoms with van der Waals surface area (Å²) in [5, 5.41) is 3.65. The molecule has 0 radical (unpaired) electrons. The van der Waals surface area contributed by atoms with Crippen molar-refractivity contribution in [3.63, 3.8) is 0 Å². The van der Waals surface area contributed by atoms with Crippen molar-refractivity contribution in [3.05, 3.63) is 24.0 Å². The second-order valence-electron chi connectivity index (χ2n) is 5.88. The van der Waals surface area contributed by atoms with Crippen LogP contribution in [0.5, 0.6) is 0 Å². The number of methoxy groups -OCH3 is 1. The van der Waals surface area contributed by atoms with Crippen molar-refractivity contribution in [2.75, 3.05) is 38.7 Å². The molecule has 1 aliphatic rings. The Balaban J connectivity index is 1.82. The molecule has 0 saturated carbocycles. The normalized spacial score (nSPS) is 17.6. The van der Waals surface area contributed by atoms with Crippen LogP contribution < -0.4 is 5.32 Å². The molecule has 0 aromatic carbocycles. The van der Waals surface area contributed by atoms with Gasteiger partial charge in [-0.15, -0.1) is 0 Å². The van der Waals surface area contributed by atoms with E-state index in [4.69, 9.17) is 4.74 Å². The molecular formula is C16H27N3O. The molecule has 2 heterocycles. The van der Waals surface area contributed by atoms with Gasteiger partial charge < -0.3 is 15.0 Å². The molecule has 1 fully saturated rings. The molecule has 4 nitrogen and oxygen atoms in total. The monoisotopic (exact) mass is 277 g/mol. The molecule has 0 unspecified atom stereocenters. The molecule has 0 amide bonds. The first-order valence-electron chi connectivity index (χ1n) is 7.63. The minimum Gasteiger partial charge on any atom is -0.383 e. The van der Waals surface area contributed by atoms with Gasteiger partial charge in [0.2, 0.25) is 0 Å². The Hall–Kier alpha value is -1.13. The maximum Gasteiger partial charge on any atom is 0.0589 e. The lowest BCUT2D eigenvalue weighted by Crippen LogP contribution is -2.40. The summed E-state index contributed by atoms with van der Waals surface area (Å²) in [7, 11) is 1.77. The summed E-state index contributed by atoms with van der Waals surface area (Å²) in [6, 6.07) is 4.83. The summed E-state index contributed by atoms with van der Waals surface area (Å²) in [5.74, 6) is 0.479. The van der Waals surface area contributed by atoms with Crippen LogP contribution in [0.1, 0.15) is 38.3 Å². The largest absolute Gasteiger partial charge is 0.383 e. The zero-order valence-corrected chi connectivity index (χ0v) is 12.9. The van der Waals surface area contributed by atoms with Crippen LogP contribution in [0.3, 0.4) is 0 Å². The van der Waals surface area contributed by atoms with Gasteiger partial charge >= 0.3 is 0 Å². The van der Waals surface area contributed by atoms with E-state index in [2.05, 4.69) is 41.2 Å². The van der Waals surface area contributed by atoms with Crippen LogP contribution in [-0.4, -0.2) is 49.3 Å². The highest BCUT2D eigenvalue weighted by Crippen LogP contribution is 2.19. The number of hydrogen-bond donors (Lipinski definition) is 1. The topological polar surface area (TPSA) is 37.4 Å². The summed E-state index contributed by atoms with van der Waals surface area (Å²) < 4.78 is 5.14. The number of anilines is 1. The highest BCUT2D eigenvalue weighted by molar-refractivity contribution is 5.44. The van der Waals surface area contributed by atoms with E-state index in [0.29, 0.717) is 12.0 Å². The van der Waals surface area contributed by atoms with Crippen LogP contribution in [0.2, 0.25) is 0 Å². The minimum absolute atomic E-state index is 0.479. The van der Waals surface area contributed by atoms with Crippen molar-refractivity contribution in [2.45, 2.75) is 38.6 Å². The van der Waals surface area contributed by atoms with Crippen LogP contribution in [0.25, 0.3) is 0 Å². The number of nitrogens with zero attached hydrogens (tertiary/aromatic N) is 2. The van der Waals surface area contributed by atoms with Crippen LogP contribution >= 0.6 is 0 Å². The summed E-state index contributed by atoms with van der Waals surface area (Å²) in [4.78, 5) is 6.90. The average molecular weight is 277 g/mol. The molecular weight excluding hydrogens is 250 g/mol. The predicted octanol–water partition coefficient (Wildman–Crippen LogP) is 2.73. The van der Waals surface area contributed by atoms with E-state index in [1.807, 2.05) is 6.20 Å². The fourth-order valence-corrected chi connectivity index (χ4v) is 2.61. The number of likely N-dealkylation sites (tertiary alicyclic amines) is 1. The molecule has 0 atom stereocenters. The maximum absolute atomic E-state index is 5.14. The molecule has 112 valence electrons. The second kappa shape index (κ2) is 7.60. The molecule has 1 aromatic rings. The summed E-state index contributed by atoms with van der Waals surface area (Å²) in [5.41, 5.74) is 2.37. The molecule has 20 heavy (non-hydrogen) atoms. The van der Waals surface area contributed by atoms with Crippen molar-refractivity contribution in [2.24, 2.45) is 0 Å². The van der Waals surface area contributed by atoms with Gasteiger partial charge in [-0.2, -0.15) is 0 Å². The van der Waals surface area contributed by atoms with Crippen LogP contribution in [-0.2, 0) is 4.74 Å². The maximum atomic E-state index is 5.14. The van der Waals surface area contributed by atoms with Crippen molar-refractivity contribution >= 4 is 5.69 Å². The van der Waals surface area contributed by atoms with Crippen LogP contribution in [0, 0.1) is 0 Å². The Labute approximate surface area is 122 Å². The van der Waals surface area contributed by atoms with Crippen LogP contribution in [0.15, 0.2) is 18.3 Å². The Morgan fingerprint density at radius 2 is 2.15 bits per heavy atom. The first kappa shape index (κ1) is 15.3. The molecule has 1 N–H and O–H groups in total. The Bertz CT molecular complexity index is 400. The van der Waals surface area contributed by atoms with Crippen molar-refractivity contribution in [3.8, 4) is 0 Å². The molecule has 1 aromatic heterocycles. The lowest BCUT2D eigenvalue weighted by Gasteiger charge is -2.32. The van der Waals surface area contributed by atoms with Gasteiger partial charge in [0.25, 0.3) is 0 Å². The fourth-order valence-electron chi connectivity index (χ4n) is 2.61. The smallest absolute Gasteiger partial charge is 0.0589 e. The lowest BCUT2D eigenvalue weighted by molar-refractivity contribution is 0.132. The van der Waals surface area contributed by atoms with E-state index < -0.39 is 0 Å². The number of hydrogen-bond acceptors (Lipinski definition) is 4. The highest BCUT2D eigenvalue weighted by atomic mass is 16.5. The zero-order valence-electron chi connectivity index (χ0n) is 12.9. The van der Waals surface area contributed by atoms with E-state index in [-0.39, 0.29) is 0 Å². The van der Waals surface area contributed by atoms with E-state index in [1.54, 1.807) is 7.11 Å². The SMILES string of the molecule is COCCN1CCC(Nc2ccnc(C(C)C)c2)CC1. The van der Waals surface area contributed by atoms with Crippen molar-refractivity contribution in [1.82, 2.24) is 9.88 Å². The van der Waals surface area contributed by atoms with Gasteiger partial charge in [0.15, 0.2) is 0 Å². The molecule has 4 heteroatoms. The van der Waals surface area contributed by atoms with Crippen molar-refractivity contribution in [1.29, 1.82) is 0 Å². The van der Waals surface area contributed by atoms with Gasteiger partial charge in [0, 0.05) is 50.4 Å². The standard InChI is InChI=1S/C16H27N3O/c1-13(2)16-12-15(4-7-17-16)18-14-5-8-19(9-6-14)10-11-20-3/h4,7,12-14H,5-6,8-11H2,1-3H3,(H,17,18). The second-order valence-corrected chi connectivity index (χ2v) is 5.88. The third-order valence-electron chi connectivity index (χ3n) is 3.94. The Morgan fingerprint density at radius 1 is 1.40 bits per heavy atom.